The Kier molecular flexibility index (Phi) is 14.3. The van der Waals surface area contributed by atoms with Crippen LogP contribution in [0.25, 0.3) is 10.9 Å². The number of nitrogens with one attached hydrogen (secondary N) is 4. The average molecular weight is 780 g/mol. The second kappa shape index (κ2) is 19.1. The third kappa shape index (κ3) is 12.1. The number of nitrogens with zero attached hydrogens (tertiary/aromatic N) is 1. The molecule has 12 nitrogen and oxygen atoms in total. The van der Waals surface area contributed by atoms with Gasteiger partial charge in [-0.1, -0.05) is 48.5 Å². The molecule has 56 heavy (non-hydrogen) atoms. The molecule has 1 aliphatic rings. The summed E-state index contributed by atoms with van der Waals surface area (Å²) in [6.07, 6.45) is -5.00. The number of benzene rings is 3. The first-order chi connectivity index (χ1) is 26.6. The van der Waals surface area contributed by atoms with Crippen molar-refractivity contribution in [1.82, 2.24) is 25.8 Å². The van der Waals surface area contributed by atoms with Gasteiger partial charge in [-0.25, -0.2) is 4.79 Å². The number of hydrogen-bond donors (Lipinski definition) is 6. The largest absolute Gasteiger partial charge is 0.506 e. The van der Waals surface area contributed by atoms with Gasteiger partial charge in [-0.15, -0.1) is 0 Å². The monoisotopic (exact) mass is 779 g/mol. The summed E-state index contributed by atoms with van der Waals surface area (Å²) in [5, 5.41) is 30.9. The van der Waals surface area contributed by atoms with E-state index in [0.29, 0.717) is 50.1 Å². The fourth-order valence-corrected chi connectivity index (χ4v) is 6.67. The van der Waals surface area contributed by atoms with E-state index in [0.717, 1.165) is 27.8 Å². The topological polar surface area (TPSA) is 173 Å². The molecule has 2 heterocycles. The minimum absolute atomic E-state index is 0.0101. The number of likely N-dealkylation sites (tertiary alicyclic amines) is 1. The number of carbonyl (C=O) groups is 3. The number of carbonyl (C=O) groups excluding carboxylic acids is 3. The van der Waals surface area contributed by atoms with Crippen molar-refractivity contribution in [2.24, 2.45) is 0 Å². The van der Waals surface area contributed by atoms with E-state index in [2.05, 4.69) is 31.7 Å². The Morgan fingerprint density at radius 3 is 2.30 bits per heavy atom. The highest BCUT2D eigenvalue weighted by Gasteiger charge is 2.42. The van der Waals surface area contributed by atoms with Gasteiger partial charge in [0.25, 0.3) is 0 Å². The molecule has 2 atom stereocenters. The van der Waals surface area contributed by atoms with Gasteiger partial charge in [0.2, 0.25) is 17.4 Å². The number of pyridine rings is 1. The number of aliphatic hydroxyl groups is 1. The number of hydrogen-bond acceptors (Lipinski definition) is 9. The molecule has 0 aliphatic carbocycles. The molecular formula is C41H48F3N5O7. The van der Waals surface area contributed by atoms with Gasteiger partial charge in [-0.2, -0.15) is 13.2 Å². The normalized spacial score (nSPS) is 15.0. The molecule has 5 rings (SSSR count). The van der Waals surface area contributed by atoms with Crippen LogP contribution in [0.5, 0.6) is 5.75 Å². The van der Waals surface area contributed by atoms with Crippen LogP contribution in [0.3, 0.4) is 0 Å². The number of amides is 2. The fraction of sp³-hybridized carbons (Fsp3) is 0.415. The van der Waals surface area contributed by atoms with E-state index in [9.17, 15) is 42.6 Å². The molecule has 3 aromatic carbocycles. The van der Waals surface area contributed by atoms with Crippen molar-refractivity contribution in [2.75, 3.05) is 26.2 Å². The molecule has 0 radical (unpaired) electrons. The van der Waals surface area contributed by atoms with E-state index in [1.165, 1.54) is 12.1 Å². The maximum atomic E-state index is 12.8. The second-order valence-corrected chi connectivity index (χ2v) is 14.3. The lowest BCUT2D eigenvalue weighted by molar-refractivity contribution is -0.206. The van der Waals surface area contributed by atoms with Crippen LogP contribution in [-0.2, 0) is 45.1 Å². The summed E-state index contributed by atoms with van der Waals surface area (Å²) < 4.78 is 41.8. The van der Waals surface area contributed by atoms with Crippen LogP contribution in [0, 0.1) is 6.92 Å². The first-order valence-electron chi connectivity index (χ1n) is 18.6. The van der Waals surface area contributed by atoms with E-state index in [-0.39, 0.29) is 66.9 Å². The number of piperidine rings is 1. The van der Waals surface area contributed by atoms with Crippen molar-refractivity contribution in [2.45, 2.75) is 83.5 Å². The van der Waals surface area contributed by atoms with Crippen molar-refractivity contribution < 1.29 is 42.5 Å². The molecule has 0 saturated carbocycles. The fourth-order valence-electron chi connectivity index (χ4n) is 6.67. The SMILES string of the molecule is Cc1ccc(CNC(=O)Cc2ccc(CNC(=O)CCN3CCC(OC(=O)C(F)(F)F)CC3)cc2)cc1CC(C)NC[C@H](O)c1ccc(O)c2[nH]c(=O)ccc12. The minimum Gasteiger partial charge on any atom is -0.506 e. The van der Waals surface area contributed by atoms with Crippen molar-refractivity contribution in [3.8, 4) is 5.75 Å². The summed E-state index contributed by atoms with van der Waals surface area (Å²) in [5.41, 5.74) is 5.40. The van der Waals surface area contributed by atoms with E-state index in [1.807, 2.05) is 55.1 Å². The number of ether oxygens (including phenoxy) is 1. The van der Waals surface area contributed by atoms with Gasteiger partial charge in [0, 0.05) is 63.2 Å². The van der Waals surface area contributed by atoms with Crippen molar-refractivity contribution >= 4 is 28.7 Å². The highest BCUT2D eigenvalue weighted by atomic mass is 19.4. The first kappa shape index (κ1) is 41.9. The summed E-state index contributed by atoms with van der Waals surface area (Å²) in [7, 11) is 0. The number of aliphatic hydroxyl groups excluding tert-OH is 1. The number of aromatic hydroxyl groups is 1. The number of esters is 1. The number of aromatic nitrogens is 1. The lowest BCUT2D eigenvalue weighted by Crippen LogP contribution is -2.41. The minimum atomic E-state index is -5.00. The van der Waals surface area contributed by atoms with Crippen LogP contribution in [0.4, 0.5) is 13.2 Å². The van der Waals surface area contributed by atoms with Crippen LogP contribution in [0.15, 0.2) is 71.5 Å². The van der Waals surface area contributed by atoms with E-state index in [4.69, 9.17) is 0 Å². The molecule has 0 bridgehead atoms. The number of alkyl halides is 3. The van der Waals surface area contributed by atoms with E-state index < -0.39 is 24.4 Å². The highest BCUT2D eigenvalue weighted by Crippen LogP contribution is 2.29. The third-order valence-corrected chi connectivity index (χ3v) is 9.93. The smallest absolute Gasteiger partial charge is 0.490 e. The zero-order chi connectivity index (χ0) is 40.4. The zero-order valence-electron chi connectivity index (χ0n) is 31.4. The first-order valence-corrected chi connectivity index (χ1v) is 18.6. The van der Waals surface area contributed by atoms with Crippen molar-refractivity contribution in [1.29, 1.82) is 0 Å². The molecular weight excluding hydrogens is 731 g/mol. The Balaban J connectivity index is 0.998. The van der Waals surface area contributed by atoms with Crippen LogP contribution in [-0.4, -0.2) is 82.4 Å². The Morgan fingerprint density at radius 1 is 0.929 bits per heavy atom. The van der Waals surface area contributed by atoms with E-state index >= 15 is 0 Å². The summed E-state index contributed by atoms with van der Waals surface area (Å²) in [5.74, 6) is -2.53. The highest BCUT2D eigenvalue weighted by molar-refractivity contribution is 5.87. The van der Waals surface area contributed by atoms with Gasteiger partial charge in [0.1, 0.15) is 11.9 Å². The van der Waals surface area contributed by atoms with Crippen LogP contribution >= 0.6 is 0 Å². The molecule has 4 aromatic rings. The summed E-state index contributed by atoms with van der Waals surface area (Å²) in [6.45, 7) is 6.29. The molecule has 0 spiro atoms. The predicted molar refractivity (Wildman–Crippen MR) is 204 cm³/mol. The number of H-pyrrole nitrogens is 1. The predicted octanol–water partition coefficient (Wildman–Crippen LogP) is 4.23. The lowest BCUT2D eigenvalue weighted by Gasteiger charge is -2.31. The molecule has 1 aliphatic heterocycles. The van der Waals surface area contributed by atoms with Gasteiger partial charge >= 0.3 is 12.1 Å². The number of aryl methyl sites for hydroxylation is 1. The van der Waals surface area contributed by atoms with Gasteiger partial charge in [0.05, 0.1) is 18.0 Å². The van der Waals surface area contributed by atoms with Gasteiger partial charge in [0.15, 0.2) is 0 Å². The molecule has 6 N–H and O–H groups in total. The summed E-state index contributed by atoms with van der Waals surface area (Å²) in [4.78, 5) is 52.6. The molecule has 1 unspecified atom stereocenters. The van der Waals surface area contributed by atoms with Crippen LogP contribution in [0.1, 0.15) is 65.7 Å². The Bertz CT molecular complexity index is 2050. The number of halogens is 3. The van der Waals surface area contributed by atoms with Gasteiger partial charge in [-0.05, 0) is 78.6 Å². The molecule has 1 fully saturated rings. The Hall–Kier alpha value is -5.25. The summed E-state index contributed by atoms with van der Waals surface area (Å²) >= 11 is 0. The number of aromatic amines is 1. The van der Waals surface area contributed by atoms with Gasteiger partial charge < -0.3 is 40.8 Å². The van der Waals surface area contributed by atoms with Crippen molar-refractivity contribution in [3.63, 3.8) is 0 Å². The molecule has 2 amide bonds. The molecule has 1 aromatic heterocycles. The zero-order valence-corrected chi connectivity index (χ0v) is 31.4. The summed E-state index contributed by atoms with van der Waals surface area (Å²) in [6, 6.07) is 19.5. The van der Waals surface area contributed by atoms with E-state index in [1.54, 1.807) is 12.1 Å². The second-order valence-electron chi connectivity index (χ2n) is 14.3. The maximum Gasteiger partial charge on any atom is 0.490 e. The van der Waals surface area contributed by atoms with Crippen LogP contribution in [0.2, 0.25) is 0 Å². The Labute approximate surface area is 322 Å². The average Bonchev–Trinajstić information content (AvgIpc) is 3.16. The van der Waals surface area contributed by atoms with Crippen molar-refractivity contribution in [3.05, 3.63) is 110 Å². The van der Waals surface area contributed by atoms with Gasteiger partial charge in [-0.3, -0.25) is 14.4 Å². The maximum absolute atomic E-state index is 12.8. The molecule has 1 saturated heterocycles. The standard InChI is InChI=1S/C41H48F3N5O7/c1-25-3-4-29(20-30(25)19-26(2)45-24-35(51)32-9-11-34(50)39-33(32)10-12-37(53)48-39)23-47-38(54)21-27-5-7-28(8-6-27)22-46-36(52)15-18-49-16-13-31(14-17-49)56-40(55)41(42,43)44/h3-12,20,26,31,35,45,50-51H,13-19,21-24H2,1-2H3,(H,46,52)(H,47,54)(H,48,53)/t26?,35-/m0/s1. The Morgan fingerprint density at radius 2 is 1.59 bits per heavy atom. The van der Waals surface area contributed by atoms with Crippen LogP contribution < -0.4 is 21.5 Å². The molecule has 300 valence electrons. The lowest BCUT2D eigenvalue weighted by atomic mass is 9.98. The molecule has 15 heteroatoms. The number of fused-ring (bicyclic) bond motifs is 1. The quantitative estimate of drug-likeness (QED) is 0.0911. The number of rotatable bonds is 16. The third-order valence-electron chi connectivity index (χ3n) is 9.93. The number of phenols is 1. The number of phenolic OH excluding ortho intramolecular Hbond substituents is 1.